The van der Waals surface area contributed by atoms with Crippen LogP contribution in [-0.2, 0) is 9.84 Å². The maximum Gasteiger partial charge on any atom is 0.256 e. The normalized spacial score (nSPS) is 19.9. The fourth-order valence-electron chi connectivity index (χ4n) is 2.09. The molecule has 1 aliphatic heterocycles. The third kappa shape index (κ3) is 3.30. The summed E-state index contributed by atoms with van der Waals surface area (Å²) in [5.41, 5.74) is 0.580. The molecule has 1 saturated heterocycles. The number of carbonyl (C=O) groups is 1. The van der Waals surface area contributed by atoms with E-state index in [2.05, 4.69) is 22.6 Å². The SMILES string of the molecule is CCS(=O)(=O)C1CSCCN1C(=O)c1ccccc1I. The van der Waals surface area contributed by atoms with Crippen LogP contribution in [0.1, 0.15) is 17.3 Å². The first-order valence-corrected chi connectivity index (χ1v) is 10.3. The van der Waals surface area contributed by atoms with Crippen molar-refractivity contribution in [3.8, 4) is 0 Å². The molecular formula is C13H16INO3S2. The molecule has 0 saturated carbocycles. The van der Waals surface area contributed by atoms with E-state index in [1.165, 1.54) is 4.90 Å². The van der Waals surface area contributed by atoms with E-state index in [-0.39, 0.29) is 11.7 Å². The Bertz CT molecular complexity index is 603. The van der Waals surface area contributed by atoms with Crippen LogP contribution in [0.4, 0.5) is 0 Å². The number of nitrogens with zero attached hydrogens (tertiary/aromatic N) is 1. The summed E-state index contributed by atoms with van der Waals surface area (Å²) >= 11 is 3.70. The Balaban J connectivity index is 2.34. The topological polar surface area (TPSA) is 54.5 Å². The fourth-order valence-corrected chi connectivity index (χ4v) is 5.68. The summed E-state index contributed by atoms with van der Waals surface area (Å²) in [5, 5.41) is -0.699. The molecule has 7 heteroatoms. The first-order valence-electron chi connectivity index (χ1n) is 6.32. The molecule has 1 aromatic carbocycles. The van der Waals surface area contributed by atoms with Gasteiger partial charge in [-0.2, -0.15) is 11.8 Å². The van der Waals surface area contributed by atoms with Crippen molar-refractivity contribution in [2.24, 2.45) is 0 Å². The predicted octanol–water partition coefficient (Wildman–Crippen LogP) is 2.24. The van der Waals surface area contributed by atoms with Crippen LogP contribution in [0.2, 0.25) is 0 Å². The van der Waals surface area contributed by atoms with Crippen LogP contribution >= 0.6 is 34.4 Å². The molecule has 4 nitrogen and oxygen atoms in total. The number of hydrogen-bond acceptors (Lipinski definition) is 4. The summed E-state index contributed by atoms with van der Waals surface area (Å²) in [5.74, 6) is 1.13. The number of rotatable bonds is 3. The standard InChI is InChI=1S/C13H16INO3S2/c1-2-20(17,18)12-9-19-8-7-15(12)13(16)10-5-3-4-6-11(10)14/h3-6,12H,2,7-9H2,1H3. The molecular weight excluding hydrogens is 409 g/mol. The molecule has 0 bridgehead atoms. The Labute approximate surface area is 137 Å². The maximum atomic E-state index is 12.6. The molecule has 20 heavy (non-hydrogen) atoms. The van der Waals surface area contributed by atoms with Crippen molar-refractivity contribution in [3.05, 3.63) is 33.4 Å². The minimum absolute atomic E-state index is 0.0634. The van der Waals surface area contributed by atoms with Crippen molar-refractivity contribution < 1.29 is 13.2 Å². The molecule has 0 spiro atoms. The number of halogens is 1. The number of thioether (sulfide) groups is 1. The monoisotopic (exact) mass is 425 g/mol. The second kappa shape index (κ2) is 6.65. The highest BCUT2D eigenvalue weighted by Gasteiger charge is 2.36. The fraction of sp³-hybridized carbons (Fsp3) is 0.462. The zero-order valence-corrected chi connectivity index (χ0v) is 14.9. The quantitative estimate of drug-likeness (QED) is 0.698. The van der Waals surface area contributed by atoms with Gasteiger partial charge in [0.25, 0.3) is 5.91 Å². The number of sulfone groups is 1. The molecule has 1 heterocycles. The molecule has 0 aliphatic carbocycles. The van der Waals surface area contributed by atoms with Crippen LogP contribution in [0.3, 0.4) is 0 Å². The lowest BCUT2D eigenvalue weighted by Gasteiger charge is -2.34. The van der Waals surface area contributed by atoms with E-state index in [0.717, 1.165) is 9.32 Å². The van der Waals surface area contributed by atoms with Gasteiger partial charge in [0, 0.05) is 27.4 Å². The molecule has 110 valence electrons. The third-order valence-electron chi connectivity index (χ3n) is 3.27. The highest BCUT2D eigenvalue weighted by Crippen LogP contribution is 2.24. The van der Waals surface area contributed by atoms with Gasteiger partial charge in [-0.25, -0.2) is 8.42 Å². The maximum absolute atomic E-state index is 12.6. The molecule has 1 atom stereocenters. The van der Waals surface area contributed by atoms with E-state index < -0.39 is 15.2 Å². The zero-order valence-electron chi connectivity index (χ0n) is 11.1. The minimum atomic E-state index is -3.25. The molecule has 1 aromatic rings. The highest BCUT2D eigenvalue weighted by molar-refractivity contribution is 14.1. The van der Waals surface area contributed by atoms with Gasteiger partial charge in [0.1, 0.15) is 5.37 Å². The number of amides is 1. The van der Waals surface area contributed by atoms with Crippen molar-refractivity contribution in [2.75, 3.05) is 23.8 Å². The number of benzene rings is 1. The van der Waals surface area contributed by atoms with E-state index in [0.29, 0.717) is 17.9 Å². The van der Waals surface area contributed by atoms with Crippen molar-refractivity contribution in [3.63, 3.8) is 0 Å². The van der Waals surface area contributed by atoms with Crippen molar-refractivity contribution >= 4 is 50.1 Å². The van der Waals surface area contributed by atoms with Crippen LogP contribution in [-0.4, -0.2) is 48.4 Å². The molecule has 0 radical (unpaired) electrons. The van der Waals surface area contributed by atoms with E-state index >= 15 is 0 Å². The van der Waals surface area contributed by atoms with Crippen molar-refractivity contribution in [1.29, 1.82) is 0 Å². The lowest BCUT2D eigenvalue weighted by molar-refractivity contribution is 0.0748. The third-order valence-corrected chi connectivity index (χ3v) is 7.50. The Morgan fingerprint density at radius 3 is 2.80 bits per heavy atom. The molecule has 1 fully saturated rings. The van der Waals surface area contributed by atoms with Gasteiger partial charge in [0.15, 0.2) is 9.84 Å². The van der Waals surface area contributed by atoms with Crippen LogP contribution in [0.5, 0.6) is 0 Å². The van der Waals surface area contributed by atoms with Crippen LogP contribution < -0.4 is 0 Å². The van der Waals surface area contributed by atoms with Gasteiger partial charge in [-0.3, -0.25) is 4.79 Å². The summed E-state index contributed by atoms with van der Waals surface area (Å²) in [4.78, 5) is 14.2. The smallest absolute Gasteiger partial charge is 0.256 e. The first-order chi connectivity index (χ1) is 9.47. The molecule has 1 aliphatic rings. The van der Waals surface area contributed by atoms with E-state index in [1.54, 1.807) is 30.8 Å². The van der Waals surface area contributed by atoms with Gasteiger partial charge in [0.05, 0.1) is 5.56 Å². The average molecular weight is 425 g/mol. The van der Waals surface area contributed by atoms with E-state index in [4.69, 9.17) is 0 Å². The minimum Gasteiger partial charge on any atom is -0.320 e. The average Bonchev–Trinajstić information content (AvgIpc) is 2.47. The predicted molar refractivity (Wildman–Crippen MR) is 90.8 cm³/mol. The van der Waals surface area contributed by atoms with E-state index in [9.17, 15) is 13.2 Å². The Morgan fingerprint density at radius 2 is 2.15 bits per heavy atom. The second-order valence-corrected chi connectivity index (χ2v) is 9.22. The summed E-state index contributed by atoms with van der Waals surface area (Å²) in [6.07, 6.45) is 0. The lowest BCUT2D eigenvalue weighted by atomic mass is 10.2. The lowest BCUT2D eigenvalue weighted by Crippen LogP contribution is -2.50. The van der Waals surface area contributed by atoms with Gasteiger partial charge in [-0.1, -0.05) is 19.1 Å². The zero-order chi connectivity index (χ0) is 14.8. The van der Waals surface area contributed by atoms with Gasteiger partial charge >= 0.3 is 0 Å². The Morgan fingerprint density at radius 1 is 1.45 bits per heavy atom. The molecule has 0 N–H and O–H groups in total. The molecule has 1 amide bonds. The van der Waals surface area contributed by atoms with Crippen molar-refractivity contribution in [2.45, 2.75) is 12.3 Å². The summed E-state index contributed by atoms with van der Waals surface area (Å²) in [7, 11) is -3.25. The molecule has 0 aromatic heterocycles. The highest BCUT2D eigenvalue weighted by atomic mass is 127. The van der Waals surface area contributed by atoms with Crippen LogP contribution in [0, 0.1) is 3.57 Å². The Kier molecular flexibility index (Phi) is 5.36. The van der Waals surface area contributed by atoms with Gasteiger partial charge in [-0.15, -0.1) is 0 Å². The molecule has 2 rings (SSSR count). The van der Waals surface area contributed by atoms with Gasteiger partial charge in [-0.05, 0) is 34.7 Å². The number of carbonyl (C=O) groups excluding carboxylic acids is 1. The van der Waals surface area contributed by atoms with Crippen LogP contribution in [0.15, 0.2) is 24.3 Å². The Hall–Kier alpha value is -0.280. The van der Waals surface area contributed by atoms with Gasteiger partial charge in [0.2, 0.25) is 0 Å². The summed E-state index contributed by atoms with van der Waals surface area (Å²) < 4.78 is 25.2. The first kappa shape index (κ1) is 16.1. The molecule has 1 unspecified atom stereocenters. The summed E-state index contributed by atoms with van der Waals surface area (Å²) in [6, 6.07) is 7.28. The van der Waals surface area contributed by atoms with Crippen LogP contribution in [0.25, 0.3) is 0 Å². The van der Waals surface area contributed by atoms with Gasteiger partial charge < -0.3 is 4.90 Å². The van der Waals surface area contributed by atoms with E-state index in [1.807, 2.05) is 12.1 Å². The van der Waals surface area contributed by atoms with Crippen molar-refractivity contribution in [1.82, 2.24) is 4.90 Å². The largest absolute Gasteiger partial charge is 0.320 e. The number of hydrogen-bond donors (Lipinski definition) is 0. The summed E-state index contributed by atoms with van der Waals surface area (Å²) in [6.45, 7) is 2.11. The second-order valence-electron chi connectivity index (χ2n) is 4.46.